The van der Waals surface area contributed by atoms with Crippen molar-refractivity contribution in [2.24, 2.45) is 11.8 Å². The number of rotatable bonds is 3. The molecule has 0 aromatic carbocycles. The van der Waals surface area contributed by atoms with Gasteiger partial charge in [0.05, 0.1) is 13.4 Å². The zero-order chi connectivity index (χ0) is 9.68. The third kappa shape index (κ3) is 3.21. The molecule has 1 saturated carbocycles. The summed E-state index contributed by atoms with van der Waals surface area (Å²) in [6.07, 6.45) is 7.55. The number of ketones is 1. The summed E-state index contributed by atoms with van der Waals surface area (Å²) in [4.78, 5) is 11.2. The molecule has 2 atom stereocenters. The highest BCUT2D eigenvalue weighted by Gasteiger charge is 2.22. The van der Waals surface area contributed by atoms with Crippen molar-refractivity contribution >= 4 is 5.78 Å². The number of carbonyl (C=O) groups is 1. The molecule has 0 aromatic rings. The number of hydrogen-bond acceptors (Lipinski definition) is 2. The lowest BCUT2D eigenvalue weighted by molar-refractivity contribution is -0.121. The van der Waals surface area contributed by atoms with Gasteiger partial charge in [-0.1, -0.05) is 6.92 Å². The third-order valence-corrected chi connectivity index (χ3v) is 2.78. The predicted octanol–water partition coefficient (Wildman–Crippen LogP) is 2.54. The van der Waals surface area contributed by atoms with Gasteiger partial charge in [0.1, 0.15) is 5.78 Å². The molecular weight excluding hydrogens is 164 g/mol. The lowest BCUT2D eigenvalue weighted by Crippen LogP contribution is -2.19. The zero-order valence-corrected chi connectivity index (χ0v) is 8.45. The van der Waals surface area contributed by atoms with Crippen molar-refractivity contribution in [2.75, 3.05) is 7.11 Å². The summed E-state index contributed by atoms with van der Waals surface area (Å²) in [5.41, 5.74) is 0. The molecular formula is C11H18O2. The van der Waals surface area contributed by atoms with E-state index in [9.17, 15) is 4.79 Å². The molecule has 13 heavy (non-hydrogen) atoms. The standard InChI is InChI=1S/C11H18O2/c1-9(6-7-13-2)10-4-3-5-11(12)8-10/h6-7,9-10H,3-5,8H2,1-2H3/b7-6+/t9?,10-/m1/s1. The molecule has 1 unspecified atom stereocenters. The Labute approximate surface area is 80.0 Å². The van der Waals surface area contributed by atoms with Gasteiger partial charge in [0, 0.05) is 12.8 Å². The fraction of sp³-hybridized carbons (Fsp3) is 0.727. The van der Waals surface area contributed by atoms with E-state index in [4.69, 9.17) is 4.74 Å². The van der Waals surface area contributed by atoms with Gasteiger partial charge in [-0.25, -0.2) is 0 Å². The highest BCUT2D eigenvalue weighted by Crippen LogP contribution is 2.28. The van der Waals surface area contributed by atoms with E-state index in [1.54, 1.807) is 13.4 Å². The minimum absolute atomic E-state index is 0.425. The van der Waals surface area contributed by atoms with Crippen molar-refractivity contribution < 1.29 is 9.53 Å². The number of carbonyl (C=O) groups excluding carboxylic acids is 1. The van der Waals surface area contributed by atoms with Crippen molar-refractivity contribution in [1.29, 1.82) is 0 Å². The second-order valence-corrected chi connectivity index (χ2v) is 3.82. The van der Waals surface area contributed by atoms with E-state index in [1.807, 2.05) is 6.08 Å². The molecule has 0 bridgehead atoms. The summed E-state index contributed by atoms with van der Waals surface area (Å²) in [5.74, 6) is 1.42. The molecule has 0 N–H and O–H groups in total. The maximum Gasteiger partial charge on any atom is 0.133 e. The maximum atomic E-state index is 11.2. The van der Waals surface area contributed by atoms with Crippen molar-refractivity contribution in [3.8, 4) is 0 Å². The zero-order valence-electron chi connectivity index (χ0n) is 8.45. The molecule has 0 radical (unpaired) electrons. The van der Waals surface area contributed by atoms with Crippen LogP contribution in [0.1, 0.15) is 32.6 Å². The van der Waals surface area contributed by atoms with Crippen LogP contribution in [-0.4, -0.2) is 12.9 Å². The SMILES string of the molecule is CO/C=C/C(C)[C@@H]1CCCC(=O)C1. The lowest BCUT2D eigenvalue weighted by Gasteiger charge is -2.24. The summed E-state index contributed by atoms with van der Waals surface area (Å²) >= 11 is 0. The van der Waals surface area contributed by atoms with Gasteiger partial charge in [-0.2, -0.15) is 0 Å². The molecule has 0 saturated heterocycles. The van der Waals surface area contributed by atoms with Crippen LogP contribution in [0.4, 0.5) is 0 Å². The average Bonchev–Trinajstić information content (AvgIpc) is 2.14. The number of Topliss-reactive ketones (excluding diaryl/α,β-unsaturated/α-hetero) is 1. The molecule has 1 fully saturated rings. The molecule has 0 aromatic heterocycles. The van der Waals surface area contributed by atoms with E-state index < -0.39 is 0 Å². The van der Waals surface area contributed by atoms with E-state index >= 15 is 0 Å². The first-order chi connectivity index (χ1) is 6.24. The van der Waals surface area contributed by atoms with E-state index in [2.05, 4.69) is 6.92 Å². The topological polar surface area (TPSA) is 26.3 Å². The molecule has 0 aliphatic heterocycles. The van der Waals surface area contributed by atoms with Crippen LogP contribution in [0.15, 0.2) is 12.3 Å². The fourth-order valence-electron chi connectivity index (χ4n) is 1.87. The van der Waals surface area contributed by atoms with Gasteiger partial charge in [0.25, 0.3) is 0 Å². The first kappa shape index (κ1) is 10.3. The largest absolute Gasteiger partial charge is 0.505 e. The Balaban J connectivity index is 2.41. The summed E-state index contributed by atoms with van der Waals surface area (Å²) in [5, 5.41) is 0. The van der Waals surface area contributed by atoms with Crippen LogP contribution >= 0.6 is 0 Å². The van der Waals surface area contributed by atoms with Crippen molar-refractivity contribution in [3.63, 3.8) is 0 Å². The first-order valence-corrected chi connectivity index (χ1v) is 4.95. The molecule has 1 rings (SSSR count). The molecule has 0 spiro atoms. The number of ether oxygens (including phenoxy) is 1. The van der Waals surface area contributed by atoms with Crippen LogP contribution in [0.2, 0.25) is 0 Å². The van der Waals surface area contributed by atoms with Gasteiger partial charge in [0.2, 0.25) is 0 Å². The molecule has 1 aliphatic rings. The Kier molecular flexibility index (Phi) is 4.00. The molecule has 1 aliphatic carbocycles. The second-order valence-electron chi connectivity index (χ2n) is 3.82. The Hall–Kier alpha value is -0.790. The van der Waals surface area contributed by atoms with E-state index in [0.29, 0.717) is 17.6 Å². The highest BCUT2D eigenvalue weighted by molar-refractivity contribution is 5.79. The Morgan fingerprint density at radius 1 is 1.62 bits per heavy atom. The monoisotopic (exact) mass is 182 g/mol. The number of allylic oxidation sites excluding steroid dienone is 1. The summed E-state index contributed by atoms with van der Waals surface area (Å²) in [7, 11) is 1.65. The van der Waals surface area contributed by atoms with Crippen LogP contribution in [0.5, 0.6) is 0 Å². The van der Waals surface area contributed by atoms with Crippen molar-refractivity contribution in [3.05, 3.63) is 12.3 Å². The smallest absolute Gasteiger partial charge is 0.133 e. The molecule has 2 nitrogen and oxygen atoms in total. The lowest BCUT2D eigenvalue weighted by atomic mass is 9.80. The Morgan fingerprint density at radius 3 is 3.00 bits per heavy atom. The average molecular weight is 182 g/mol. The highest BCUT2D eigenvalue weighted by atomic mass is 16.5. The van der Waals surface area contributed by atoms with Crippen LogP contribution in [0.3, 0.4) is 0 Å². The fourth-order valence-corrected chi connectivity index (χ4v) is 1.87. The van der Waals surface area contributed by atoms with Gasteiger partial charge in [-0.15, -0.1) is 0 Å². The van der Waals surface area contributed by atoms with Crippen LogP contribution < -0.4 is 0 Å². The molecule has 74 valence electrons. The normalized spacial score (nSPS) is 26.3. The van der Waals surface area contributed by atoms with E-state index in [-0.39, 0.29) is 0 Å². The summed E-state index contributed by atoms with van der Waals surface area (Å²) in [6, 6.07) is 0. The van der Waals surface area contributed by atoms with Crippen LogP contribution in [-0.2, 0) is 9.53 Å². The van der Waals surface area contributed by atoms with Gasteiger partial charge in [-0.05, 0) is 30.8 Å². The Morgan fingerprint density at radius 2 is 2.38 bits per heavy atom. The van der Waals surface area contributed by atoms with Crippen LogP contribution in [0.25, 0.3) is 0 Å². The molecule has 0 amide bonds. The molecule has 2 heteroatoms. The van der Waals surface area contributed by atoms with Crippen molar-refractivity contribution in [1.82, 2.24) is 0 Å². The van der Waals surface area contributed by atoms with Crippen LogP contribution in [0, 0.1) is 11.8 Å². The van der Waals surface area contributed by atoms with E-state index in [0.717, 1.165) is 19.3 Å². The maximum absolute atomic E-state index is 11.2. The minimum atomic E-state index is 0.425. The van der Waals surface area contributed by atoms with Gasteiger partial charge in [-0.3, -0.25) is 4.79 Å². The number of methoxy groups -OCH3 is 1. The minimum Gasteiger partial charge on any atom is -0.505 e. The first-order valence-electron chi connectivity index (χ1n) is 4.95. The summed E-state index contributed by atoms with van der Waals surface area (Å²) < 4.78 is 4.86. The predicted molar refractivity (Wildman–Crippen MR) is 52.3 cm³/mol. The van der Waals surface area contributed by atoms with Gasteiger partial charge < -0.3 is 4.74 Å². The Bertz CT molecular complexity index is 196. The van der Waals surface area contributed by atoms with Gasteiger partial charge >= 0.3 is 0 Å². The second kappa shape index (κ2) is 5.05. The van der Waals surface area contributed by atoms with Gasteiger partial charge in [0.15, 0.2) is 0 Å². The quantitative estimate of drug-likeness (QED) is 0.627. The number of hydrogen-bond donors (Lipinski definition) is 0. The third-order valence-electron chi connectivity index (χ3n) is 2.78. The summed E-state index contributed by atoms with van der Waals surface area (Å²) in [6.45, 7) is 2.15. The van der Waals surface area contributed by atoms with Crippen molar-refractivity contribution in [2.45, 2.75) is 32.6 Å². The van der Waals surface area contributed by atoms with E-state index in [1.165, 1.54) is 6.42 Å². The molecule has 0 heterocycles.